The first kappa shape index (κ1) is 22.2. The van der Waals surface area contributed by atoms with Crippen LogP contribution in [-0.4, -0.2) is 59.8 Å². The SMILES string of the molecule is Cc1nn(C)c(C)c1CC(C)NC(=NCC(=O)N(C)C)NCC1CCCCC1. The van der Waals surface area contributed by atoms with Gasteiger partial charge in [-0.1, -0.05) is 19.3 Å². The van der Waals surface area contributed by atoms with Crippen LogP contribution >= 0.6 is 0 Å². The van der Waals surface area contributed by atoms with Crippen LogP contribution in [0.15, 0.2) is 4.99 Å². The zero-order chi connectivity index (χ0) is 20.7. The number of carbonyl (C=O) groups is 1. The maximum absolute atomic E-state index is 12.0. The average Bonchev–Trinajstić information content (AvgIpc) is 2.90. The zero-order valence-corrected chi connectivity index (χ0v) is 18.5. The molecule has 0 radical (unpaired) electrons. The number of guanidine groups is 1. The summed E-state index contributed by atoms with van der Waals surface area (Å²) >= 11 is 0. The fourth-order valence-corrected chi connectivity index (χ4v) is 3.78. The summed E-state index contributed by atoms with van der Waals surface area (Å²) in [7, 11) is 5.50. The Kier molecular flexibility index (Phi) is 8.33. The van der Waals surface area contributed by atoms with Gasteiger partial charge in [0.05, 0.1) is 5.69 Å². The normalized spacial score (nSPS) is 16.7. The third-order valence-corrected chi connectivity index (χ3v) is 5.71. The molecule has 0 aliphatic heterocycles. The van der Waals surface area contributed by atoms with Crippen molar-refractivity contribution in [2.24, 2.45) is 18.0 Å². The fourth-order valence-electron chi connectivity index (χ4n) is 3.78. The molecule has 1 fully saturated rings. The molecule has 7 nitrogen and oxygen atoms in total. The Hall–Kier alpha value is -2.05. The zero-order valence-electron chi connectivity index (χ0n) is 18.5. The number of rotatable bonds is 7. The van der Waals surface area contributed by atoms with Gasteiger partial charge in [-0.3, -0.25) is 9.48 Å². The standard InChI is InChI=1S/C21H38N6O/c1-15(12-19-16(2)25-27(6)17(19)3)24-21(23-14-20(28)26(4)5)22-13-18-10-8-7-9-11-18/h15,18H,7-14H2,1-6H3,(H2,22,23,24). The number of nitrogens with one attached hydrogen (secondary N) is 2. The van der Waals surface area contributed by atoms with Gasteiger partial charge in [0, 0.05) is 39.4 Å². The minimum atomic E-state index is 0.00497. The van der Waals surface area contributed by atoms with E-state index in [0.717, 1.165) is 24.6 Å². The largest absolute Gasteiger partial charge is 0.356 e. The third-order valence-electron chi connectivity index (χ3n) is 5.71. The van der Waals surface area contributed by atoms with E-state index in [1.807, 2.05) is 11.7 Å². The van der Waals surface area contributed by atoms with Crippen molar-refractivity contribution in [2.75, 3.05) is 27.2 Å². The summed E-state index contributed by atoms with van der Waals surface area (Å²) < 4.78 is 1.93. The van der Waals surface area contributed by atoms with Crippen molar-refractivity contribution in [3.8, 4) is 0 Å². The van der Waals surface area contributed by atoms with Crippen LogP contribution < -0.4 is 10.6 Å². The van der Waals surface area contributed by atoms with Gasteiger partial charge >= 0.3 is 0 Å². The lowest BCUT2D eigenvalue weighted by Gasteiger charge is -2.24. The topological polar surface area (TPSA) is 74.5 Å². The van der Waals surface area contributed by atoms with E-state index in [1.54, 1.807) is 19.0 Å². The molecule has 7 heteroatoms. The van der Waals surface area contributed by atoms with Gasteiger partial charge in [0.15, 0.2) is 5.96 Å². The number of aromatic nitrogens is 2. The lowest BCUT2D eigenvalue weighted by Crippen LogP contribution is -2.45. The van der Waals surface area contributed by atoms with Gasteiger partial charge in [0.25, 0.3) is 0 Å². The highest BCUT2D eigenvalue weighted by atomic mass is 16.2. The molecule has 1 amide bonds. The minimum absolute atomic E-state index is 0.00497. The maximum Gasteiger partial charge on any atom is 0.243 e. The molecule has 0 saturated heterocycles. The van der Waals surface area contributed by atoms with Crippen LogP contribution in [-0.2, 0) is 18.3 Å². The molecule has 1 aliphatic carbocycles. The highest BCUT2D eigenvalue weighted by molar-refractivity contribution is 5.84. The van der Waals surface area contributed by atoms with Crippen molar-refractivity contribution in [2.45, 2.75) is 65.3 Å². The van der Waals surface area contributed by atoms with Gasteiger partial charge in [-0.05, 0) is 51.5 Å². The summed E-state index contributed by atoms with van der Waals surface area (Å²) in [4.78, 5) is 18.1. The van der Waals surface area contributed by atoms with Crippen LogP contribution in [0.4, 0.5) is 0 Å². The lowest BCUT2D eigenvalue weighted by molar-refractivity contribution is -0.127. The highest BCUT2D eigenvalue weighted by Gasteiger charge is 2.17. The first-order chi connectivity index (χ1) is 13.3. The van der Waals surface area contributed by atoms with Crippen molar-refractivity contribution in [1.29, 1.82) is 0 Å². The van der Waals surface area contributed by atoms with Crippen LogP contribution in [0.3, 0.4) is 0 Å². The first-order valence-electron chi connectivity index (χ1n) is 10.5. The molecule has 1 unspecified atom stereocenters. The summed E-state index contributed by atoms with van der Waals surface area (Å²) in [6.45, 7) is 7.39. The van der Waals surface area contributed by atoms with Crippen molar-refractivity contribution in [3.63, 3.8) is 0 Å². The molecule has 1 aromatic rings. The Labute approximate surface area is 170 Å². The summed E-state index contributed by atoms with van der Waals surface area (Å²) in [5.74, 6) is 1.43. The quantitative estimate of drug-likeness (QED) is 0.553. The van der Waals surface area contributed by atoms with Gasteiger partial charge in [0.2, 0.25) is 5.91 Å². The lowest BCUT2D eigenvalue weighted by atomic mass is 9.89. The molecule has 0 spiro atoms. The predicted molar refractivity (Wildman–Crippen MR) is 115 cm³/mol. The van der Waals surface area contributed by atoms with Crippen molar-refractivity contribution < 1.29 is 4.79 Å². The molecular formula is C21H38N6O. The number of hydrogen-bond acceptors (Lipinski definition) is 3. The molecule has 0 aromatic carbocycles. The Balaban J connectivity index is 1.99. The van der Waals surface area contributed by atoms with E-state index in [1.165, 1.54) is 43.4 Å². The van der Waals surface area contributed by atoms with Crippen LogP contribution in [0.5, 0.6) is 0 Å². The van der Waals surface area contributed by atoms with Gasteiger partial charge < -0.3 is 15.5 Å². The summed E-state index contributed by atoms with van der Waals surface area (Å²) in [5.41, 5.74) is 3.55. The Morgan fingerprint density at radius 3 is 2.54 bits per heavy atom. The Morgan fingerprint density at radius 2 is 1.96 bits per heavy atom. The summed E-state index contributed by atoms with van der Waals surface area (Å²) in [6, 6.07) is 0.189. The monoisotopic (exact) mass is 390 g/mol. The van der Waals surface area contributed by atoms with Crippen LogP contribution in [0.25, 0.3) is 0 Å². The minimum Gasteiger partial charge on any atom is -0.356 e. The van der Waals surface area contributed by atoms with E-state index < -0.39 is 0 Å². The molecule has 0 bridgehead atoms. The van der Waals surface area contributed by atoms with E-state index >= 15 is 0 Å². The van der Waals surface area contributed by atoms with E-state index in [0.29, 0.717) is 5.92 Å². The molecule has 158 valence electrons. The molecule has 1 aromatic heterocycles. The van der Waals surface area contributed by atoms with Crippen molar-refractivity contribution in [1.82, 2.24) is 25.3 Å². The predicted octanol–water partition coefficient (Wildman–Crippen LogP) is 2.17. The molecule has 1 atom stereocenters. The van der Waals surface area contributed by atoms with Crippen LogP contribution in [0.2, 0.25) is 0 Å². The molecule has 2 rings (SSSR count). The molecule has 1 saturated carbocycles. The number of nitrogens with zero attached hydrogens (tertiary/aromatic N) is 4. The number of amides is 1. The molecule has 1 aliphatic rings. The number of aliphatic imine (C=N–C) groups is 1. The van der Waals surface area contributed by atoms with E-state index in [4.69, 9.17) is 0 Å². The average molecular weight is 391 g/mol. The summed E-state index contributed by atoms with van der Waals surface area (Å²) in [6.07, 6.45) is 7.43. The van der Waals surface area contributed by atoms with E-state index in [-0.39, 0.29) is 18.5 Å². The number of carbonyl (C=O) groups excluding carboxylic acids is 1. The molecule has 28 heavy (non-hydrogen) atoms. The van der Waals surface area contributed by atoms with Crippen LogP contribution in [0, 0.1) is 19.8 Å². The molecule has 2 N–H and O–H groups in total. The molecule has 1 heterocycles. The Bertz CT molecular complexity index is 673. The number of likely N-dealkylation sites (N-methyl/N-ethyl adjacent to an activating group) is 1. The van der Waals surface area contributed by atoms with Gasteiger partial charge in [0.1, 0.15) is 6.54 Å². The van der Waals surface area contributed by atoms with Crippen LogP contribution in [0.1, 0.15) is 56.0 Å². The fraction of sp³-hybridized carbons (Fsp3) is 0.762. The second-order valence-electron chi connectivity index (χ2n) is 8.36. The van der Waals surface area contributed by atoms with E-state index in [9.17, 15) is 4.79 Å². The van der Waals surface area contributed by atoms with Crippen molar-refractivity contribution >= 4 is 11.9 Å². The van der Waals surface area contributed by atoms with E-state index in [2.05, 4.69) is 41.5 Å². The summed E-state index contributed by atoms with van der Waals surface area (Å²) in [5, 5.41) is 11.5. The van der Waals surface area contributed by atoms with Gasteiger partial charge in [-0.2, -0.15) is 5.10 Å². The third kappa shape index (κ3) is 6.53. The number of hydrogen-bond donors (Lipinski definition) is 2. The smallest absolute Gasteiger partial charge is 0.243 e. The van der Waals surface area contributed by atoms with Gasteiger partial charge in [-0.25, -0.2) is 4.99 Å². The number of aryl methyl sites for hydroxylation is 2. The highest BCUT2D eigenvalue weighted by Crippen LogP contribution is 2.22. The second kappa shape index (κ2) is 10.5. The second-order valence-corrected chi connectivity index (χ2v) is 8.36. The van der Waals surface area contributed by atoms with Gasteiger partial charge in [-0.15, -0.1) is 0 Å². The van der Waals surface area contributed by atoms with Crippen molar-refractivity contribution in [3.05, 3.63) is 17.0 Å². The Morgan fingerprint density at radius 1 is 1.29 bits per heavy atom. The first-order valence-corrected chi connectivity index (χ1v) is 10.5. The maximum atomic E-state index is 12.0. The molecular weight excluding hydrogens is 352 g/mol.